The molecule has 1 heterocycles. The maximum absolute atomic E-state index is 11.1. The minimum absolute atomic E-state index is 0.323. The van der Waals surface area contributed by atoms with Crippen LogP contribution in [0.3, 0.4) is 0 Å². The topological polar surface area (TPSA) is 38.7 Å². The lowest BCUT2D eigenvalue weighted by Crippen LogP contribution is -2.43. The largest absolute Gasteiger partial charge is 0.494 e. The first kappa shape index (κ1) is 14.4. The first-order valence-electron chi connectivity index (χ1n) is 6.86. The number of ether oxygens (including phenoxy) is 2. The van der Waals surface area contributed by atoms with E-state index in [2.05, 4.69) is 0 Å². The van der Waals surface area contributed by atoms with E-state index in [1.807, 2.05) is 58.9 Å². The summed E-state index contributed by atoms with van der Waals surface area (Å²) in [4.78, 5) is 0. The molecule has 1 aliphatic heterocycles. The first-order chi connectivity index (χ1) is 8.70. The average molecular weight is 264 g/mol. The fourth-order valence-electron chi connectivity index (χ4n) is 3.08. The van der Waals surface area contributed by atoms with Crippen LogP contribution in [-0.4, -0.2) is 22.9 Å². The zero-order valence-electron chi connectivity index (χ0n) is 12.5. The summed E-state index contributed by atoms with van der Waals surface area (Å²) in [6, 6.07) is 7.66. The van der Waals surface area contributed by atoms with Gasteiger partial charge in [0.25, 0.3) is 0 Å². The monoisotopic (exact) mass is 264 g/mol. The zero-order valence-corrected chi connectivity index (χ0v) is 12.5. The van der Waals surface area contributed by atoms with Crippen molar-refractivity contribution in [3.8, 4) is 5.75 Å². The lowest BCUT2D eigenvalue weighted by Gasteiger charge is -2.35. The molecule has 1 aliphatic rings. The van der Waals surface area contributed by atoms with E-state index < -0.39 is 11.2 Å². The van der Waals surface area contributed by atoms with E-state index in [0.29, 0.717) is 13.0 Å². The van der Waals surface area contributed by atoms with Crippen LogP contribution in [0.5, 0.6) is 5.75 Å². The Balaban J connectivity index is 2.34. The minimum Gasteiger partial charge on any atom is -0.494 e. The maximum atomic E-state index is 11.1. The molecule has 3 heteroatoms. The van der Waals surface area contributed by atoms with Gasteiger partial charge >= 0.3 is 0 Å². The van der Waals surface area contributed by atoms with E-state index in [9.17, 15) is 5.11 Å². The van der Waals surface area contributed by atoms with E-state index in [1.54, 1.807) is 0 Å². The van der Waals surface area contributed by atoms with Crippen molar-refractivity contribution in [1.82, 2.24) is 0 Å². The maximum Gasteiger partial charge on any atom is 0.121 e. The summed E-state index contributed by atoms with van der Waals surface area (Å²) >= 11 is 0. The second-order valence-electron chi connectivity index (χ2n) is 6.37. The first-order valence-corrected chi connectivity index (χ1v) is 6.86. The van der Waals surface area contributed by atoms with Gasteiger partial charge in [-0.05, 0) is 52.3 Å². The highest BCUT2D eigenvalue weighted by atomic mass is 16.5. The Morgan fingerprint density at radius 1 is 1.16 bits per heavy atom. The quantitative estimate of drug-likeness (QED) is 0.910. The van der Waals surface area contributed by atoms with E-state index in [-0.39, 0.29) is 5.60 Å². The summed E-state index contributed by atoms with van der Waals surface area (Å²) in [5.74, 6) is 0.825. The summed E-state index contributed by atoms with van der Waals surface area (Å²) in [6.45, 7) is 10.5. The normalized spacial score (nSPS) is 28.3. The van der Waals surface area contributed by atoms with Crippen molar-refractivity contribution in [3.63, 3.8) is 0 Å². The van der Waals surface area contributed by atoms with Gasteiger partial charge in [0, 0.05) is 6.42 Å². The summed E-state index contributed by atoms with van der Waals surface area (Å²) in [7, 11) is 0. The molecule has 106 valence electrons. The third kappa shape index (κ3) is 2.49. The number of hydrogen-bond acceptors (Lipinski definition) is 3. The van der Waals surface area contributed by atoms with Gasteiger partial charge < -0.3 is 14.6 Å². The van der Waals surface area contributed by atoms with Crippen molar-refractivity contribution >= 4 is 0 Å². The Kier molecular flexibility index (Phi) is 3.40. The van der Waals surface area contributed by atoms with Crippen LogP contribution in [0.1, 0.15) is 46.6 Å². The summed E-state index contributed by atoms with van der Waals surface area (Å²) < 4.78 is 11.4. The highest BCUT2D eigenvalue weighted by Crippen LogP contribution is 2.50. The number of benzene rings is 1. The van der Waals surface area contributed by atoms with Crippen LogP contribution in [0.25, 0.3) is 0 Å². The SMILES string of the molecule is CCOc1ccc(C2(O)CC(C)(C)OC2(C)C)cc1. The van der Waals surface area contributed by atoms with E-state index in [4.69, 9.17) is 9.47 Å². The summed E-state index contributed by atoms with van der Waals surface area (Å²) in [6.07, 6.45) is 0.584. The molecule has 0 spiro atoms. The molecular weight excluding hydrogens is 240 g/mol. The van der Waals surface area contributed by atoms with Gasteiger partial charge in [-0.25, -0.2) is 0 Å². The van der Waals surface area contributed by atoms with Crippen molar-refractivity contribution in [2.75, 3.05) is 6.61 Å². The van der Waals surface area contributed by atoms with Gasteiger partial charge in [-0.3, -0.25) is 0 Å². The van der Waals surface area contributed by atoms with Gasteiger partial charge in [0.1, 0.15) is 11.4 Å². The van der Waals surface area contributed by atoms with Gasteiger partial charge in [0.2, 0.25) is 0 Å². The number of rotatable bonds is 3. The third-order valence-electron chi connectivity index (χ3n) is 3.85. The molecule has 1 saturated heterocycles. The smallest absolute Gasteiger partial charge is 0.121 e. The van der Waals surface area contributed by atoms with Gasteiger partial charge in [0.05, 0.1) is 17.8 Å². The van der Waals surface area contributed by atoms with Crippen LogP contribution >= 0.6 is 0 Å². The highest BCUT2D eigenvalue weighted by Gasteiger charge is 2.57. The predicted molar refractivity (Wildman–Crippen MR) is 75.4 cm³/mol. The van der Waals surface area contributed by atoms with Crippen molar-refractivity contribution in [2.45, 2.75) is 57.8 Å². The van der Waals surface area contributed by atoms with Crippen LogP contribution in [0.4, 0.5) is 0 Å². The van der Waals surface area contributed by atoms with Crippen molar-refractivity contribution in [3.05, 3.63) is 29.8 Å². The average Bonchev–Trinajstić information content (AvgIpc) is 2.44. The molecule has 1 unspecified atom stereocenters. The molecule has 1 atom stereocenters. The molecule has 1 aromatic rings. The molecule has 2 rings (SSSR count). The summed E-state index contributed by atoms with van der Waals surface area (Å²) in [5.41, 5.74) is -1.02. The molecule has 1 aromatic carbocycles. The second-order valence-corrected chi connectivity index (χ2v) is 6.37. The third-order valence-corrected chi connectivity index (χ3v) is 3.85. The Morgan fingerprint density at radius 2 is 1.74 bits per heavy atom. The Hall–Kier alpha value is -1.06. The minimum atomic E-state index is -0.971. The molecule has 0 saturated carbocycles. The standard InChI is InChI=1S/C16H24O3/c1-6-18-13-9-7-12(8-10-13)16(17)11-14(2,3)19-15(16,4)5/h7-10,17H,6,11H2,1-5H3. The zero-order chi connectivity index (χ0) is 14.3. The van der Waals surface area contributed by atoms with Crippen molar-refractivity contribution in [1.29, 1.82) is 0 Å². The van der Waals surface area contributed by atoms with Crippen LogP contribution < -0.4 is 4.74 Å². The Morgan fingerprint density at radius 3 is 2.16 bits per heavy atom. The van der Waals surface area contributed by atoms with Crippen molar-refractivity contribution in [2.24, 2.45) is 0 Å². The molecule has 0 aliphatic carbocycles. The molecule has 1 N–H and O–H groups in total. The van der Waals surface area contributed by atoms with Gasteiger partial charge in [-0.2, -0.15) is 0 Å². The molecular formula is C16H24O3. The molecule has 0 bridgehead atoms. The van der Waals surface area contributed by atoms with Crippen LogP contribution in [0.15, 0.2) is 24.3 Å². The van der Waals surface area contributed by atoms with Gasteiger partial charge in [0.15, 0.2) is 0 Å². The Labute approximate surface area is 115 Å². The van der Waals surface area contributed by atoms with Crippen LogP contribution in [-0.2, 0) is 10.3 Å². The van der Waals surface area contributed by atoms with E-state index in [0.717, 1.165) is 11.3 Å². The van der Waals surface area contributed by atoms with Crippen LogP contribution in [0.2, 0.25) is 0 Å². The number of aliphatic hydroxyl groups is 1. The lowest BCUT2D eigenvalue weighted by atomic mass is 9.77. The lowest BCUT2D eigenvalue weighted by molar-refractivity contribution is -0.129. The summed E-state index contributed by atoms with van der Waals surface area (Å²) in [5, 5.41) is 11.1. The van der Waals surface area contributed by atoms with Crippen LogP contribution in [0, 0.1) is 0 Å². The van der Waals surface area contributed by atoms with Gasteiger partial charge in [-0.1, -0.05) is 12.1 Å². The molecule has 0 aromatic heterocycles. The molecule has 0 radical (unpaired) electrons. The second kappa shape index (κ2) is 4.50. The molecule has 3 nitrogen and oxygen atoms in total. The number of hydrogen-bond donors (Lipinski definition) is 1. The van der Waals surface area contributed by atoms with E-state index in [1.165, 1.54) is 0 Å². The Bertz CT molecular complexity index is 448. The molecule has 1 fully saturated rings. The van der Waals surface area contributed by atoms with E-state index >= 15 is 0 Å². The molecule has 0 amide bonds. The predicted octanol–water partition coefficient (Wildman–Crippen LogP) is 3.25. The fourth-order valence-corrected chi connectivity index (χ4v) is 3.08. The molecule has 19 heavy (non-hydrogen) atoms. The highest BCUT2D eigenvalue weighted by molar-refractivity contribution is 5.34. The fraction of sp³-hybridized carbons (Fsp3) is 0.625. The van der Waals surface area contributed by atoms with Crippen molar-refractivity contribution < 1.29 is 14.6 Å². The van der Waals surface area contributed by atoms with Gasteiger partial charge in [-0.15, -0.1) is 0 Å².